The second-order valence-corrected chi connectivity index (χ2v) is 5.87. The molecule has 1 aromatic heterocycles. The summed E-state index contributed by atoms with van der Waals surface area (Å²) < 4.78 is 0. The molecular weight excluding hydrogens is 240 g/mol. The number of hydrogen-bond donors (Lipinski definition) is 1. The number of thiophene rings is 1. The van der Waals surface area contributed by atoms with Gasteiger partial charge in [-0.2, -0.15) is 0 Å². The fourth-order valence-electron chi connectivity index (χ4n) is 2.61. The number of benzene rings is 1. The van der Waals surface area contributed by atoms with E-state index in [0.717, 1.165) is 38.2 Å². The molecule has 2 aromatic rings. The zero-order chi connectivity index (χ0) is 12.4. The van der Waals surface area contributed by atoms with Crippen LogP contribution in [0.3, 0.4) is 0 Å². The van der Waals surface area contributed by atoms with Crippen molar-refractivity contribution in [2.24, 2.45) is 0 Å². The predicted molar refractivity (Wildman–Crippen MR) is 77.9 cm³/mol. The van der Waals surface area contributed by atoms with E-state index >= 15 is 0 Å². The number of nitrogens with two attached hydrogens (primary N) is 1. The molecule has 2 N–H and O–H groups in total. The van der Waals surface area contributed by atoms with E-state index in [1.807, 2.05) is 17.4 Å². The van der Waals surface area contributed by atoms with Crippen molar-refractivity contribution in [1.82, 2.24) is 4.90 Å². The molecule has 2 nitrogen and oxygen atoms in total. The van der Waals surface area contributed by atoms with Gasteiger partial charge in [-0.1, -0.05) is 18.2 Å². The molecule has 0 atom stereocenters. The number of nitrogen functional groups attached to an aromatic ring is 1. The standard InChI is InChI=1S/C15H18N2S/c16-15-5-1-3-12-11-17(9-7-14(12)15)8-6-13-4-2-10-18-13/h1-5,10H,6-9,11,16H2. The first-order chi connectivity index (χ1) is 8.83. The Morgan fingerprint density at radius 2 is 2.17 bits per heavy atom. The molecule has 1 aromatic carbocycles. The van der Waals surface area contributed by atoms with Crippen LogP contribution in [0.4, 0.5) is 5.69 Å². The Morgan fingerprint density at radius 1 is 1.22 bits per heavy atom. The summed E-state index contributed by atoms with van der Waals surface area (Å²) >= 11 is 1.85. The minimum atomic E-state index is 0.963. The van der Waals surface area contributed by atoms with Gasteiger partial charge in [0, 0.05) is 30.2 Å². The summed E-state index contributed by atoms with van der Waals surface area (Å²) in [6.07, 6.45) is 2.25. The Morgan fingerprint density at radius 3 is 3.00 bits per heavy atom. The van der Waals surface area contributed by atoms with Gasteiger partial charge in [-0.25, -0.2) is 0 Å². The topological polar surface area (TPSA) is 29.3 Å². The normalized spacial score (nSPS) is 15.6. The van der Waals surface area contributed by atoms with E-state index in [2.05, 4.69) is 34.5 Å². The van der Waals surface area contributed by atoms with Gasteiger partial charge in [-0.15, -0.1) is 11.3 Å². The van der Waals surface area contributed by atoms with Crippen LogP contribution in [0.25, 0.3) is 0 Å². The van der Waals surface area contributed by atoms with Crippen LogP contribution >= 0.6 is 11.3 Å². The summed E-state index contributed by atoms with van der Waals surface area (Å²) in [5, 5.41) is 2.15. The molecule has 94 valence electrons. The minimum Gasteiger partial charge on any atom is -0.398 e. The maximum atomic E-state index is 6.02. The smallest absolute Gasteiger partial charge is 0.0350 e. The first-order valence-corrected chi connectivity index (χ1v) is 7.32. The summed E-state index contributed by atoms with van der Waals surface area (Å²) in [4.78, 5) is 4.01. The van der Waals surface area contributed by atoms with E-state index < -0.39 is 0 Å². The van der Waals surface area contributed by atoms with E-state index in [1.165, 1.54) is 16.0 Å². The molecule has 0 fully saturated rings. The summed E-state index contributed by atoms with van der Waals surface area (Å²) in [5.74, 6) is 0. The molecule has 0 unspecified atom stereocenters. The van der Waals surface area contributed by atoms with Crippen molar-refractivity contribution in [2.45, 2.75) is 19.4 Å². The molecule has 1 aliphatic heterocycles. The van der Waals surface area contributed by atoms with Crippen LogP contribution in [-0.4, -0.2) is 18.0 Å². The lowest BCUT2D eigenvalue weighted by Gasteiger charge is -2.29. The number of rotatable bonds is 3. The van der Waals surface area contributed by atoms with E-state index in [4.69, 9.17) is 5.73 Å². The van der Waals surface area contributed by atoms with Crippen LogP contribution in [0.15, 0.2) is 35.7 Å². The second kappa shape index (κ2) is 5.12. The first kappa shape index (κ1) is 11.8. The quantitative estimate of drug-likeness (QED) is 0.858. The molecule has 0 spiro atoms. The third-order valence-corrected chi connectivity index (χ3v) is 4.57. The third kappa shape index (κ3) is 2.42. The second-order valence-electron chi connectivity index (χ2n) is 4.84. The SMILES string of the molecule is Nc1cccc2c1CCN(CCc1cccs1)C2. The lowest BCUT2D eigenvalue weighted by Crippen LogP contribution is -2.32. The predicted octanol–water partition coefficient (Wildman–Crippen LogP) is 2.93. The van der Waals surface area contributed by atoms with Crippen molar-refractivity contribution in [1.29, 1.82) is 0 Å². The Balaban J connectivity index is 1.64. The third-order valence-electron chi connectivity index (χ3n) is 3.64. The van der Waals surface area contributed by atoms with E-state index in [0.29, 0.717) is 0 Å². The van der Waals surface area contributed by atoms with Gasteiger partial charge in [0.1, 0.15) is 0 Å². The molecule has 2 heterocycles. The van der Waals surface area contributed by atoms with Crippen molar-refractivity contribution in [3.63, 3.8) is 0 Å². The molecule has 0 amide bonds. The molecule has 0 saturated heterocycles. The molecule has 0 bridgehead atoms. The molecule has 0 radical (unpaired) electrons. The number of fused-ring (bicyclic) bond motifs is 1. The monoisotopic (exact) mass is 258 g/mol. The fraction of sp³-hybridized carbons (Fsp3) is 0.333. The van der Waals surface area contributed by atoms with Crippen molar-refractivity contribution in [2.75, 3.05) is 18.8 Å². The van der Waals surface area contributed by atoms with Gasteiger partial charge >= 0.3 is 0 Å². The lowest BCUT2D eigenvalue weighted by molar-refractivity contribution is 0.258. The zero-order valence-corrected chi connectivity index (χ0v) is 11.2. The van der Waals surface area contributed by atoms with Gasteiger partial charge in [0.25, 0.3) is 0 Å². The van der Waals surface area contributed by atoms with Crippen molar-refractivity contribution in [3.05, 3.63) is 51.7 Å². The van der Waals surface area contributed by atoms with E-state index in [-0.39, 0.29) is 0 Å². The van der Waals surface area contributed by atoms with Gasteiger partial charge in [0.15, 0.2) is 0 Å². The van der Waals surface area contributed by atoms with Crippen LogP contribution in [0.5, 0.6) is 0 Å². The molecule has 18 heavy (non-hydrogen) atoms. The molecular formula is C15H18N2S. The molecule has 3 heteroatoms. The number of nitrogens with zero attached hydrogens (tertiary/aromatic N) is 1. The van der Waals surface area contributed by atoms with Crippen LogP contribution < -0.4 is 5.73 Å². The molecule has 3 rings (SSSR count). The molecule has 0 saturated carbocycles. The average molecular weight is 258 g/mol. The zero-order valence-electron chi connectivity index (χ0n) is 10.4. The van der Waals surface area contributed by atoms with E-state index in [1.54, 1.807) is 0 Å². The largest absolute Gasteiger partial charge is 0.398 e. The lowest BCUT2D eigenvalue weighted by atomic mass is 9.98. The number of anilines is 1. The maximum Gasteiger partial charge on any atom is 0.0350 e. The maximum absolute atomic E-state index is 6.02. The highest BCUT2D eigenvalue weighted by molar-refractivity contribution is 7.09. The van der Waals surface area contributed by atoms with Gasteiger partial charge in [-0.3, -0.25) is 4.90 Å². The van der Waals surface area contributed by atoms with E-state index in [9.17, 15) is 0 Å². The highest BCUT2D eigenvalue weighted by Crippen LogP contribution is 2.24. The van der Waals surface area contributed by atoms with Crippen molar-refractivity contribution >= 4 is 17.0 Å². The fourth-order valence-corrected chi connectivity index (χ4v) is 3.31. The molecule has 1 aliphatic rings. The van der Waals surface area contributed by atoms with Crippen LogP contribution in [-0.2, 0) is 19.4 Å². The Labute approximate surface area is 112 Å². The summed E-state index contributed by atoms with van der Waals surface area (Å²) in [6.45, 7) is 3.33. The van der Waals surface area contributed by atoms with Crippen LogP contribution in [0.1, 0.15) is 16.0 Å². The summed E-state index contributed by atoms with van der Waals surface area (Å²) in [6, 6.07) is 10.6. The Kier molecular flexibility index (Phi) is 3.35. The number of hydrogen-bond acceptors (Lipinski definition) is 3. The molecule has 0 aliphatic carbocycles. The highest BCUT2D eigenvalue weighted by atomic mass is 32.1. The van der Waals surface area contributed by atoms with Crippen molar-refractivity contribution < 1.29 is 0 Å². The van der Waals surface area contributed by atoms with Gasteiger partial charge in [-0.05, 0) is 41.5 Å². The van der Waals surface area contributed by atoms with Crippen molar-refractivity contribution in [3.8, 4) is 0 Å². The Hall–Kier alpha value is -1.32. The van der Waals surface area contributed by atoms with Gasteiger partial charge in [0.2, 0.25) is 0 Å². The summed E-state index contributed by atoms with van der Waals surface area (Å²) in [5.41, 5.74) is 9.76. The van der Waals surface area contributed by atoms with Crippen LogP contribution in [0.2, 0.25) is 0 Å². The first-order valence-electron chi connectivity index (χ1n) is 6.44. The minimum absolute atomic E-state index is 0.963. The van der Waals surface area contributed by atoms with Gasteiger partial charge in [0.05, 0.1) is 0 Å². The average Bonchev–Trinajstić information content (AvgIpc) is 2.90. The van der Waals surface area contributed by atoms with Crippen LogP contribution in [0, 0.1) is 0 Å². The summed E-state index contributed by atoms with van der Waals surface area (Å²) in [7, 11) is 0. The Bertz CT molecular complexity index is 519. The highest BCUT2D eigenvalue weighted by Gasteiger charge is 2.17. The van der Waals surface area contributed by atoms with Gasteiger partial charge < -0.3 is 5.73 Å².